The van der Waals surface area contributed by atoms with Crippen molar-refractivity contribution in [3.05, 3.63) is 95.5 Å². The number of rotatable bonds is 6. The average Bonchev–Trinajstić information content (AvgIpc) is 3.56. The van der Waals surface area contributed by atoms with E-state index < -0.39 is 10.0 Å². The minimum absolute atomic E-state index is 0.133. The molecule has 34 heavy (non-hydrogen) atoms. The van der Waals surface area contributed by atoms with Gasteiger partial charge in [-0.25, -0.2) is 8.42 Å². The molecule has 1 aliphatic rings. The number of nitrogens with zero attached hydrogens (tertiary/aromatic N) is 4. The van der Waals surface area contributed by atoms with Crippen LogP contribution in [0.2, 0.25) is 0 Å². The molecule has 1 saturated heterocycles. The number of sulfonamides is 1. The zero-order valence-electron chi connectivity index (χ0n) is 18.4. The second kappa shape index (κ2) is 9.54. The molecule has 7 nitrogen and oxygen atoms in total. The second-order valence-corrected chi connectivity index (χ2v) is 11.2. The van der Waals surface area contributed by atoms with Crippen LogP contribution in [0.5, 0.6) is 0 Å². The van der Waals surface area contributed by atoms with Crippen molar-refractivity contribution in [3.8, 4) is 11.3 Å². The van der Waals surface area contributed by atoms with E-state index in [1.165, 1.54) is 15.6 Å². The third-order valence-corrected chi connectivity index (χ3v) is 9.11. The van der Waals surface area contributed by atoms with Crippen LogP contribution in [0.1, 0.15) is 15.9 Å². The lowest BCUT2D eigenvalue weighted by Gasteiger charge is -2.33. The zero-order chi connectivity index (χ0) is 23.5. The lowest BCUT2D eigenvalue weighted by atomic mass is 10.1. The van der Waals surface area contributed by atoms with E-state index in [2.05, 4.69) is 0 Å². The number of benzene rings is 2. The topological polar surface area (TPSA) is 75.5 Å². The van der Waals surface area contributed by atoms with Gasteiger partial charge in [-0.15, -0.1) is 11.3 Å². The molecule has 0 radical (unpaired) electrons. The molecule has 2 aromatic carbocycles. The van der Waals surface area contributed by atoms with E-state index in [0.29, 0.717) is 35.1 Å². The van der Waals surface area contributed by atoms with Gasteiger partial charge in [-0.1, -0.05) is 66.7 Å². The van der Waals surface area contributed by atoms with Crippen molar-refractivity contribution in [1.82, 2.24) is 19.0 Å². The van der Waals surface area contributed by atoms with Gasteiger partial charge in [-0.3, -0.25) is 9.48 Å². The summed E-state index contributed by atoms with van der Waals surface area (Å²) >= 11 is 1.21. The van der Waals surface area contributed by atoms with Crippen LogP contribution >= 0.6 is 11.3 Å². The highest BCUT2D eigenvalue weighted by atomic mass is 32.2. The first-order valence-electron chi connectivity index (χ1n) is 11.0. The molecule has 0 N–H and O–H groups in total. The summed E-state index contributed by atoms with van der Waals surface area (Å²) in [5, 5.41) is 6.50. The van der Waals surface area contributed by atoms with Crippen molar-refractivity contribution < 1.29 is 13.2 Å². The van der Waals surface area contributed by atoms with Gasteiger partial charge in [0.05, 0.1) is 12.1 Å². The Bertz CT molecular complexity index is 1360. The Labute approximate surface area is 202 Å². The number of amides is 1. The van der Waals surface area contributed by atoms with Gasteiger partial charge in [-0.2, -0.15) is 9.40 Å². The third-order valence-electron chi connectivity index (χ3n) is 5.84. The predicted octanol–water partition coefficient (Wildman–Crippen LogP) is 3.81. The quantitative estimate of drug-likeness (QED) is 0.410. The lowest BCUT2D eigenvalue weighted by molar-refractivity contribution is 0.0698. The summed E-state index contributed by atoms with van der Waals surface area (Å²) in [6.45, 7) is 1.76. The molecule has 1 amide bonds. The molecule has 0 aliphatic carbocycles. The molecule has 5 rings (SSSR count). The Morgan fingerprint density at radius 2 is 1.56 bits per heavy atom. The van der Waals surface area contributed by atoms with E-state index >= 15 is 0 Å². The van der Waals surface area contributed by atoms with Crippen LogP contribution < -0.4 is 0 Å². The minimum Gasteiger partial charge on any atom is -0.336 e. The minimum atomic E-state index is -3.52. The molecule has 0 unspecified atom stereocenters. The van der Waals surface area contributed by atoms with Crippen LogP contribution in [0, 0.1) is 0 Å². The smallest absolute Gasteiger partial charge is 0.257 e. The highest BCUT2D eigenvalue weighted by molar-refractivity contribution is 7.91. The van der Waals surface area contributed by atoms with Crippen LogP contribution in [-0.4, -0.2) is 59.5 Å². The summed E-state index contributed by atoms with van der Waals surface area (Å²) in [6, 6.07) is 23.0. The molecule has 2 aromatic heterocycles. The largest absolute Gasteiger partial charge is 0.336 e. The summed E-state index contributed by atoms with van der Waals surface area (Å²) in [7, 11) is -3.52. The van der Waals surface area contributed by atoms with Crippen molar-refractivity contribution in [1.29, 1.82) is 0 Å². The van der Waals surface area contributed by atoms with E-state index in [4.69, 9.17) is 5.10 Å². The number of piperazine rings is 1. The van der Waals surface area contributed by atoms with Crippen LogP contribution in [0.15, 0.2) is 88.6 Å². The Hall–Kier alpha value is -3.27. The van der Waals surface area contributed by atoms with Crippen LogP contribution in [0.4, 0.5) is 0 Å². The highest BCUT2D eigenvalue weighted by Gasteiger charge is 2.32. The zero-order valence-corrected chi connectivity index (χ0v) is 20.1. The first-order valence-corrected chi connectivity index (χ1v) is 13.3. The highest BCUT2D eigenvalue weighted by Crippen LogP contribution is 2.26. The van der Waals surface area contributed by atoms with Gasteiger partial charge in [0.25, 0.3) is 15.9 Å². The fraction of sp³-hybridized carbons (Fsp3) is 0.200. The number of thiophene rings is 1. The lowest BCUT2D eigenvalue weighted by Crippen LogP contribution is -2.50. The molecule has 0 bridgehead atoms. The Morgan fingerprint density at radius 1 is 0.882 bits per heavy atom. The Kier molecular flexibility index (Phi) is 6.32. The monoisotopic (exact) mass is 492 g/mol. The van der Waals surface area contributed by atoms with Crippen LogP contribution in [0.3, 0.4) is 0 Å². The summed E-state index contributed by atoms with van der Waals surface area (Å²) in [5.74, 6) is -0.133. The maximum atomic E-state index is 13.6. The van der Waals surface area contributed by atoms with Gasteiger partial charge >= 0.3 is 0 Å². The van der Waals surface area contributed by atoms with E-state index in [-0.39, 0.29) is 19.0 Å². The predicted molar refractivity (Wildman–Crippen MR) is 132 cm³/mol. The normalized spacial score (nSPS) is 14.9. The molecular weight excluding hydrogens is 468 g/mol. The number of carbonyl (C=O) groups is 1. The fourth-order valence-electron chi connectivity index (χ4n) is 4.08. The molecule has 0 atom stereocenters. The first-order chi connectivity index (χ1) is 16.5. The summed E-state index contributed by atoms with van der Waals surface area (Å²) in [6.07, 6.45) is 1.80. The van der Waals surface area contributed by atoms with E-state index in [1.807, 2.05) is 60.7 Å². The summed E-state index contributed by atoms with van der Waals surface area (Å²) in [5.41, 5.74) is 3.12. The molecular formula is C25H24N4O3S2. The number of carbonyl (C=O) groups excluding carboxylic acids is 1. The number of hydrogen-bond acceptors (Lipinski definition) is 5. The van der Waals surface area contributed by atoms with Crippen LogP contribution in [-0.2, 0) is 16.6 Å². The molecule has 4 aromatic rings. The van der Waals surface area contributed by atoms with E-state index in [1.54, 1.807) is 33.3 Å². The van der Waals surface area contributed by atoms with Crippen LogP contribution in [0.25, 0.3) is 11.3 Å². The Balaban J connectivity index is 1.38. The average molecular weight is 493 g/mol. The molecule has 0 spiro atoms. The van der Waals surface area contributed by atoms with E-state index in [9.17, 15) is 13.2 Å². The molecule has 0 saturated carbocycles. The fourth-order valence-corrected chi connectivity index (χ4v) is 6.64. The van der Waals surface area contributed by atoms with Gasteiger partial charge in [0.15, 0.2) is 0 Å². The maximum absolute atomic E-state index is 13.6. The Morgan fingerprint density at radius 3 is 2.21 bits per heavy atom. The maximum Gasteiger partial charge on any atom is 0.257 e. The van der Waals surface area contributed by atoms with Crippen molar-refractivity contribution >= 4 is 27.3 Å². The van der Waals surface area contributed by atoms with Crippen molar-refractivity contribution in [2.24, 2.45) is 0 Å². The molecule has 3 heterocycles. The van der Waals surface area contributed by atoms with Gasteiger partial charge in [0.2, 0.25) is 0 Å². The van der Waals surface area contributed by atoms with Gasteiger partial charge in [-0.05, 0) is 17.0 Å². The van der Waals surface area contributed by atoms with Crippen molar-refractivity contribution in [2.45, 2.75) is 10.8 Å². The third kappa shape index (κ3) is 4.54. The molecule has 9 heteroatoms. The number of hydrogen-bond donors (Lipinski definition) is 0. The van der Waals surface area contributed by atoms with Gasteiger partial charge in [0.1, 0.15) is 9.90 Å². The van der Waals surface area contributed by atoms with Gasteiger partial charge in [0, 0.05) is 37.9 Å². The SMILES string of the molecule is O=C(c1cn(Cc2ccccc2)nc1-c1ccccc1)N1CCN(S(=O)(=O)c2cccs2)CC1. The second-order valence-electron chi connectivity index (χ2n) is 8.07. The summed E-state index contributed by atoms with van der Waals surface area (Å²) < 4.78 is 29.2. The number of aromatic nitrogens is 2. The standard InChI is InChI=1S/C25H24N4O3S2/c30-25(27-13-15-29(16-14-27)34(31,32)23-12-7-17-33-23)22-19-28(18-20-8-3-1-4-9-20)26-24(22)21-10-5-2-6-11-21/h1-12,17,19H,13-16,18H2. The summed E-state index contributed by atoms with van der Waals surface area (Å²) in [4.78, 5) is 15.3. The van der Waals surface area contributed by atoms with Crippen molar-refractivity contribution in [2.75, 3.05) is 26.2 Å². The first kappa shape index (κ1) is 22.5. The molecule has 1 aliphatic heterocycles. The molecule has 174 valence electrons. The van der Waals surface area contributed by atoms with Crippen molar-refractivity contribution in [3.63, 3.8) is 0 Å². The molecule has 1 fully saturated rings. The van der Waals surface area contributed by atoms with E-state index in [0.717, 1.165) is 11.1 Å². The van der Waals surface area contributed by atoms with Gasteiger partial charge < -0.3 is 4.90 Å².